The maximum atomic E-state index is 14.7. The lowest BCUT2D eigenvalue weighted by molar-refractivity contribution is -0.121. The minimum Gasteiger partial charge on any atom is -0.492 e. The summed E-state index contributed by atoms with van der Waals surface area (Å²) in [6.45, 7) is 5.27. The van der Waals surface area contributed by atoms with Crippen molar-refractivity contribution in [2.24, 2.45) is 29.6 Å². The van der Waals surface area contributed by atoms with Gasteiger partial charge >= 0.3 is 0 Å². The molecule has 4 aromatic heterocycles. The van der Waals surface area contributed by atoms with Crippen molar-refractivity contribution in [2.75, 3.05) is 27.2 Å². The molecule has 4 atom stereocenters. The summed E-state index contributed by atoms with van der Waals surface area (Å²) >= 11 is 0. The molecule has 240 valence electrons. The standard InChI is InChI=1S/C36H37FN8O2/c1-18(2)9-30(46)40-29-14-19(12-25-24-16-26(24)31(25)29)21-13-27-33(43-44-35(27)39-17-21)36-41-28-5-6-38-32(34(28)42-36)20-10-22(37)15-23(11-20)47-8-7-45(3)4/h5-6,10-15,17-18,24-26,31H,7-9,16H2,1-4H3,(H,40,46)(H,41,42)(H,39,43,44)/t24-,25?,26?,31?/m0/s1. The van der Waals surface area contributed by atoms with Gasteiger partial charge in [-0.15, -0.1) is 0 Å². The Morgan fingerprint density at radius 2 is 2.02 bits per heavy atom. The highest BCUT2D eigenvalue weighted by molar-refractivity contribution is 5.96. The number of carbonyl (C=O) groups is 1. The van der Waals surface area contributed by atoms with E-state index < -0.39 is 5.82 Å². The molecular formula is C36H37FN8O2. The summed E-state index contributed by atoms with van der Waals surface area (Å²) in [5.41, 5.74) is 6.79. The van der Waals surface area contributed by atoms with Crippen molar-refractivity contribution in [3.8, 4) is 28.5 Å². The highest BCUT2D eigenvalue weighted by Gasteiger charge is 2.62. The number of carbonyl (C=O) groups excluding carboxylic acids is 1. The maximum absolute atomic E-state index is 14.7. The van der Waals surface area contributed by atoms with Gasteiger partial charge in [0, 0.05) is 54.2 Å². The second-order valence-electron chi connectivity index (χ2n) is 13.7. The van der Waals surface area contributed by atoms with Crippen molar-refractivity contribution in [1.82, 2.24) is 40.3 Å². The van der Waals surface area contributed by atoms with E-state index in [0.29, 0.717) is 88.9 Å². The zero-order chi connectivity index (χ0) is 32.4. The zero-order valence-corrected chi connectivity index (χ0v) is 26.8. The molecule has 3 N–H and O–H groups in total. The third-order valence-electron chi connectivity index (χ3n) is 9.51. The van der Waals surface area contributed by atoms with Gasteiger partial charge in [0.05, 0.1) is 16.6 Å². The average molecular weight is 633 g/mol. The number of pyridine rings is 2. The number of fused-ring (bicyclic) bond motifs is 6. The van der Waals surface area contributed by atoms with Crippen molar-refractivity contribution < 1.29 is 13.9 Å². The third-order valence-corrected chi connectivity index (χ3v) is 9.51. The van der Waals surface area contributed by atoms with E-state index in [1.807, 2.05) is 31.3 Å². The van der Waals surface area contributed by atoms with Gasteiger partial charge in [0.2, 0.25) is 5.91 Å². The van der Waals surface area contributed by atoms with E-state index in [1.54, 1.807) is 12.3 Å². The van der Waals surface area contributed by atoms with E-state index in [1.165, 1.54) is 18.6 Å². The molecule has 5 aromatic rings. The number of rotatable bonds is 10. The van der Waals surface area contributed by atoms with Gasteiger partial charge in [0.15, 0.2) is 11.5 Å². The Balaban J connectivity index is 1.13. The van der Waals surface area contributed by atoms with Gasteiger partial charge < -0.3 is 19.9 Å². The average Bonchev–Trinajstić information content (AvgIpc) is 3.33. The molecule has 10 nitrogen and oxygen atoms in total. The number of amides is 1. The van der Waals surface area contributed by atoms with Gasteiger partial charge in [-0.2, -0.15) is 5.10 Å². The Kier molecular flexibility index (Phi) is 7.16. The molecule has 0 radical (unpaired) electrons. The fourth-order valence-corrected chi connectivity index (χ4v) is 7.20. The molecule has 0 saturated heterocycles. The first kappa shape index (κ1) is 29.5. The largest absolute Gasteiger partial charge is 0.492 e. The van der Waals surface area contributed by atoms with Crippen LogP contribution < -0.4 is 10.1 Å². The first-order chi connectivity index (χ1) is 22.7. The third kappa shape index (κ3) is 5.48. The van der Waals surface area contributed by atoms with Gasteiger partial charge in [-0.1, -0.05) is 19.9 Å². The number of likely N-dealkylation sites (N-methyl/N-ethyl adjacent to an activating group) is 1. The monoisotopic (exact) mass is 632 g/mol. The predicted molar refractivity (Wildman–Crippen MR) is 178 cm³/mol. The van der Waals surface area contributed by atoms with Crippen LogP contribution in [0.4, 0.5) is 4.39 Å². The molecule has 1 amide bonds. The molecule has 3 unspecified atom stereocenters. The topological polar surface area (TPSA) is 125 Å². The van der Waals surface area contributed by atoms with Crippen LogP contribution in [0, 0.1) is 35.4 Å². The van der Waals surface area contributed by atoms with Crippen LogP contribution in [-0.4, -0.2) is 68.2 Å². The molecule has 3 aliphatic carbocycles. The molecule has 4 heterocycles. The van der Waals surface area contributed by atoms with Crippen LogP contribution >= 0.6 is 0 Å². The zero-order valence-electron chi connectivity index (χ0n) is 26.8. The van der Waals surface area contributed by atoms with Gasteiger partial charge in [-0.05, 0) is 80.1 Å². The van der Waals surface area contributed by atoms with E-state index in [2.05, 4.69) is 62.5 Å². The molecule has 11 heteroatoms. The summed E-state index contributed by atoms with van der Waals surface area (Å²) in [4.78, 5) is 32.3. The second kappa shape index (κ2) is 11.4. The first-order valence-electron chi connectivity index (χ1n) is 16.2. The summed E-state index contributed by atoms with van der Waals surface area (Å²) in [6, 6.07) is 8.54. The van der Waals surface area contributed by atoms with E-state index in [0.717, 1.165) is 27.7 Å². The van der Waals surface area contributed by atoms with Crippen LogP contribution in [0.25, 0.3) is 50.4 Å². The number of hydrogen-bond acceptors (Lipinski definition) is 7. The predicted octanol–water partition coefficient (Wildman–Crippen LogP) is 5.97. The normalized spacial score (nSPS) is 21.3. The number of ether oxygens (including phenoxy) is 1. The molecule has 0 spiro atoms. The fourth-order valence-electron chi connectivity index (χ4n) is 7.20. The van der Waals surface area contributed by atoms with Crippen LogP contribution in [0.3, 0.4) is 0 Å². The van der Waals surface area contributed by atoms with Crippen LogP contribution in [0.5, 0.6) is 5.75 Å². The Bertz CT molecular complexity index is 2090. The molecule has 0 aliphatic heterocycles. The summed E-state index contributed by atoms with van der Waals surface area (Å²) in [5, 5.41) is 11.7. The van der Waals surface area contributed by atoms with E-state index >= 15 is 0 Å². The van der Waals surface area contributed by atoms with Gasteiger partial charge in [-0.25, -0.2) is 14.4 Å². The van der Waals surface area contributed by atoms with Crippen molar-refractivity contribution in [2.45, 2.75) is 26.7 Å². The minimum absolute atomic E-state index is 0.0751. The molecule has 3 aliphatic rings. The second-order valence-corrected chi connectivity index (χ2v) is 13.7. The number of nitrogens with zero attached hydrogens (tertiary/aromatic N) is 5. The molecule has 2 fully saturated rings. The molecule has 2 saturated carbocycles. The lowest BCUT2D eigenvalue weighted by atomic mass is 9.68. The highest BCUT2D eigenvalue weighted by atomic mass is 19.1. The number of nitrogens with one attached hydrogen (secondary N) is 3. The molecule has 0 bridgehead atoms. The Hall–Kier alpha value is -4.90. The molecule has 47 heavy (non-hydrogen) atoms. The SMILES string of the molecule is CC(C)CC(=O)NC1=CC(c2cnc3n[nH]c(-c4nc5c(-c6cc(F)cc(OCCN(C)C)c6)nccc5[nH]4)c3c2)=CC2C1C1C[C@@H]21. The van der Waals surface area contributed by atoms with Crippen molar-refractivity contribution in [3.63, 3.8) is 0 Å². The summed E-state index contributed by atoms with van der Waals surface area (Å²) < 4.78 is 20.5. The lowest BCUT2D eigenvalue weighted by Crippen LogP contribution is -2.39. The Morgan fingerprint density at radius 1 is 1.15 bits per heavy atom. The number of hydrogen-bond donors (Lipinski definition) is 3. The molecule has 8 rings (SSSR count). The Morgan fingerprint density at radius 3 is 2.85 bits per heavy atom. The quantitative estimate of drug-likeness (QED) is 0.173. The van der Waals surface area contributed by atoms with Crippen molar-refractivity contribution >= 4 is 33.5 Å². The number of halogens is 1. The number of aromatic amines is 2. The maximum Gasteiger partial charge on any atom is 0.224 e. The number of benzene rings is 1. The van der Waals surface area contributed by atoms with Gasteiger partial charge in [-0.3, -0.25) is 14.9 Å². The van der Waals surface area contributed by atoms with Crippen molar-refractivity contribution in [1.29, 1.82) is 0 Å². The van der Waals surface area contributed by atoms with Crippen LogP contribution in [0.2, 0.25) is 0 Å². The molecular weight excluding hydrogens is 595 g/mol. The van der Waals surface area contributed by atoms with E-state index in [-0.39, 0.29) is 5.91 Å². The number of allylic oxidation sites excluding steroid dienone is 4. The van der Waals surface area contributed by atoms with Gasteiger partial charge in [0.1, 0.15) is 29.4 Å². The van der Waals surface area contributed by atoms with Crippen LogP contribution in [0.1, 0.15) is 32.3 Å². The minimum atomic E-state index is -0.408. The summed E-state index contributed by atoms with van der Waals surface area (Å²) in [7, 11) is 3.92. The highest BCUT2D eigenvalue weighted by Crippen LogP contribution is 2.67. The lowest BCUT2D eigenvalue weighted by Gasteiger charge is -2.39. The van der Waals surface area contributed by atoms with Crippen LogP contribution in [0.15, 0.2) is 60.6 Å². The smallest absolute Gasteiger partial charge is 0.224 e. The van der Waals surface area contributed by atoms with Crippen molar-refractivity contribution in [3.05, 3.63) is 72.0 Å². The number of imidazole rings is 1. The summed E-state index contributed by atoms with van der Waals surface area (Å²) in [6.07, 6.45) is 9.74. The number of H-pyrrole nitrogens is 2. The number of aromatic nitrogens is 6. The summed E-state index contributed by atoms with van der Waals surface area (Å²) in [5.74, 6) is 3.22. The Labute approximate surface area is 271 Å². The molecule has 1 aromatic carbocycles. The van der Waals surface area contributed by atoms with E-state index in [4.69, 9.17) is 9.72 Å². The fraction of sp³-hybridized carbons (Fsp3) is 0.361. The van der Waals surface area contributed by atoms with Gasteiger partial charge in [0.25, 0.3) is 0 Å². The van der Waals surface area contributed by atoms with E-state index in [9.17, 15) is 9.18 Å². The van der Waals surface area contributed by atoms with Crippen LogP contribution in [-0.2, 0) is 4.79 Å². The first-order valence-corrected chi connectivity index (χ1v) is 16.2.